The van der Waals surface area contributed by atoms with E-state index in [0.29, 0.717) is 5.92 Å². The fourth-order valence-electron chi connectivity index (χ4n) is 3.95. The predicted octanol–water partition coefficient (Wildman–Crippen LogP) is 4.49. The Hall–Kier alpha value is -1.68. The van der Waals surface area contributed by atoms with Crippen LogP contribution in [0.4, 0.5) is 5.13 Å². The number of nitrogens with zero attached hydrogens (tertiary/aromatic N) is 1. The minimum absolute atomic E-state index is 0.178. The quantitative estimate of drug-likeness (QED) is 0.907. The van der Waals surface area contributed by atoms with Gasteiger partial charge in [-0.2, -0.15) is 0 Å². The SMILES string of the molecule is Cc1ccc(-c2csc(NC(=O)[C@H]3C[C@H]4CC[C@@H]3C4)n2)cc1. The third-order valence-corrected chi connectivity index (χ3v) is 5.91. The highest BCUT2D eigenvalue weighted by Crippen LogP contribution is 2.48. The van der Waals surface area contributed by atoms with Crippen molar-refractivity contribution in [3.8, 4) is 11.3 Å². The van der Waals surface area contributed by atoms with Gasteiger partial charge in [-0.1, -0.05) is 36.2 Å². The minimum Gasteiger partial charge on any atom is -0.302 e. The number of hydrogen-bond donors (Lipinski definition) is 1. The molecule has 1 heterocycles. The molecular formula is C18H20N2OS. The molecule has 2 aliphatic rings. The van der Waals surface area contributed by atoms with Gasteiger partial charge in [-0.05, 0) is 38.0 Å². The smallest absolute Gasteiger partial charge is 0.229 e. The van der Waals surface area contributed by atoms with Crippen LogP contribution in [0.5, 0.6) is 0 Å². The van der Waals surface area contributed by atoms with Gasteiger partial charge in [-0.25, -0.2) is 4.98 Å². The van der Waals surface area contributed by atoms with Gasteiger partial charge in [-0.15, -0.1) is 11.3 Å². The molecule has 0 saturated heterocycles. The van der Waals surface area contributed by atoms with Crippen LogP contribution < -0.4 is 5.32 Å². The number of aromatic nitrogens is 1. The molecule has 3 atom stereocenters. The second-order valence-corrected chi connectivity index (χ2v) is 7.53. The van der Waals surface area contributed by atoms with E-state index in [1.807, 2.05) is 5.38 Å². The van der Waals surface area contributed by atoms with Gasteiger partial charge < -0.3 is 5.32 Å². The largest absolute Gasteiger partial charge is 0.302 e. The molecule has 1 aromatic carbocycles. The third-order valence-electron chi connectivity index (χ3n) is 5.16. The van der Waals surface area contributed by atoms with Crippen molar-refractivity contribution in [2.24, 2.45) is 17.8 Å². The third kappa shape index (κ3) is 2.56. The van der Waals surface area contributed by atoms with E-state index in [-0.39, 0.29) is 11.8 Å². The number of amides is 1. The van der Waals surface area contributed by atoms with E-state index in [9.17, 15) is 4.79 Å². The number of anilines is 1. The number of thiazole rings is 1. The van der Waals surface area contributed by atoms with Crippen LogP contribution in [-0.2, 0) is 4.79 Å². The summed E-state index contributed by atoms with van der Waals surface area (Å²) in [6, 6.07) is 8.32. The molecule has 2 saturated carbocycles. The summed E-state index contributed by atoms with van der Waals surface area (Å²) in [7, 11) is 0. The number of aryl methyl sites for hydroxylation is 1. The van der Waals surface area contributed by atoms with Gasteiger partial charge in [0.1, 0.15) is 0 Å². The van der Waals surface area contributed by atoms with Crippen LogP contribution in [0, 0.1) is 24.7 Å². The first kappa shape index (κ1) is 13.9. The van der Waals surface area contributed by atoms with Gasteiger partial charge in [-0.3, -0.25) is 4.79 Å². The lowest BCUT2D eigenvalue weighted by molar-refractivity contribution is -0.121. The zero-order valence-electron chi connectivity index (χ0n) is 12.7. The molecular weight excluding hydrogens is 292 g/mol. The number of nitrogens with one attached hydrogen (secondary N) is 1. The van der Waals surface area contributed by atoms with E-state index >= 15 is 0 Å². The maximum absolute atomic E-state index is 12.5. The van der Waals surface area contributed by atoms with Crippen LogP contribution in [0.2, 0.25) is 0 Å². The molecule has 1 N–H and O–H groups in total. The zero-order chi connectivity index (χ0) is 15.1. The van der Waals surface area contributed by atoms with E-state index in [1.54, 1.807) is 0 Å². The number of rotatable bonds is 3. The lowest BCUT2D eigenvalue weighted by atomic mass is 9.88. The molecule has 4 rings (SSSR count). The highest BCUT2D eigenvalue weighted by Gasteiger charge is 2.43. The molecule has 2 bridgehead atoms. The topological polar surface area (TPSA) is 42.0 Å². The average molecular weight is 312 g/mol. The van der Waals surface area contributed by atoms with Gasteiger partial charge in [0, 0.05) is 16.9 Å². The highest BCUT2D eigenvalue weighted by atomic mass is 32.1. The molecule has 114 valence electrons. The summed E-state index contributed by atoms with van der Waals surface area (Å²) < 4.78 is 0. The average Bonchev–Trinajstić information content (AvgIpc) is 3.24. The van der Waals surface area contributed by atoms with Crippen molar-refractivity contribution in [3.63, 3.8) is 0 Å². The van der Waals surface area contributed by atoms with Crippen LogP contribution in [0.3, 0.4) is 0 Å². The second kappa shape index (κ2) is 5.51. The number of carbonyl (C=O) groups excluding carboxylic acids is 1. The molecule has 0 radical (unpaired) electrons. The van der Waals surface area contributed by atoms with Crippen molar-refractivity contribution >= 4 is 22.4 Å². The Bertz CT molecular complexity index is 691. The first-order chi connectivity index (χ1) is 10.7. The van der Waals surface area contributed by atoms with Crippen molar-refractivity contribution < 1.29 is 4.79 Å². The molecule has 0 spiro atoms. The highest BCUT2D eigenvalue weighted by molar-refractivity contribution is 7.14. The van der Waals surface area contributed by atoms with E-state index in [1.165, 1.54) is 36.2 Å². The van der Waals surface area contributed by atoms with Crippen LogP contribution in [-0.4, -0.2) is 10.9 Å². The first-order valence-electron chi connectivity index (χ1n) is 8.02. The number of fused-ring (bicyclic) bond motifs is 2. The van der Waals surface area contributed by atoms with Gasteiger partial charge in [0.05, 0.1) is 5.69 Å². The Morgan fingerprint density at radius 3 is 2.73 bits per heavy atom. The molecule has 4 heteroatoms. The fraction of sp³-hybridized carbons (Fsp3) is 0.444. The lowest BCUT2D eigenvalue weighted by Crippen LogP contribution is -2.27. The van der Waals surface area contributed by atoms with Crippen LogP contribution >= 0.6 is 11.3 Å². The molecule has 2 aromatic rings. The van der Waals surface area contributed by atoms with Crippen molar-refractivity contribution in [2.45, 2.75) is 32.6 Å². The summed E-state index contributed by atoms with van der Waals surface area (Å²) in [5.74, 6) is 1.80. The van der Waals surface area contributed by atoms with Gasteiger partial charge >= 0.3 is 0 Å². The molecule has 22 heavy (non-hydrogen) atoms. The van der Waals surface area contributed by atoms with E-state index in [0.717, 1.165) is 28.7 Å². The van der Waals surface area contributed by atoms with Gasteiger partial charge in [0.15, 0.2) is 5.13 Å². The van der Waals surface area contributed by atoms with Gasteiger partial charge in [0.25, 0.3) is 0 Å². The van der Waals surface area contributed by atoms with Crippen LogP contribution in [0.1, 0.15) is 31.2 Å². The van der Waals surface area contributed by atoms with Crippen molar-refractivity contribution in [3.05, 3.63) is 35.2 Å². The summed E-state index contributed by atoms with van der Waals surface area (Å²) in [4.78, 5) is 17.0. The van der Waals surface area contributed by atoms with E-state index in [4.69, 9.17) is 0 Å². The summed E-state index contributed by atoms with van der Waals surface area (Å²) in [6.07, 6.45) is 4.88. The molecule has 2 fully saturated rings. The molecule has 1 aromatic heterocycles. The Labute approximate surface area is 134 Å². The summed E-state index contributed by atoms with van der Waals surface area (Å²) in [5.41, 5.74) is 3.28. The second-order valence-electron chi connectivity index (χ2n) is 6.67. The van der Waals surface area contributed by atoms with Gasteiger partial charge in [0.2, 0.25) is 5.91 Å². The number of carbonyl (C=O) groups is 1. The fourth-order valence-corrected chi connectivity index (χ4v) is 4.67. The van der Waals surface area contributed by atoms with Crippen LogP contribution in [0.25, 0.3) is 11.3 Å². The lowest BCUT2D eigenvalue weighted by Gasteiger charge is -2.19. The van der Waals surface area contributed by atoms with E-state index in [2.05, 4.69) is 41.5 Å². The van der Waals surface area contributed by atoms with E-state index < -0.39 is 0 Å². The van der Waals surface area contributed by atoms with Crippen molar-refractivity contribution in [1.82, 2.24) is 4.98 Å². The Kier molecular flexibility index (Phi) is 3.49. The summed E-state index contributed by atoms with van der Waals surface area (Å²) in [5, 5.41) is 5.78. The Morgan fingerprint density at radius 1 is 1.23 bits per heavy atom. The normalized spacial score (nSPS) is 26.3. The standard InChI is InChI=1S/C18H20N2OS/c1-11-2-5-13(6-3-11)16-10-22-18(19-16)20-17(21)15-9-12-4-7-14(15)8-12/h2-3,5-6,10,12,14-15H,4,7-9H2,1H3,(H,19,20,21)/t12-,14+,15-/m0/s1. The first-order valence-corrected chi connectivity index (χ1v) is 8.90. The zero-order valence-corrected chi connectivity index (χ0v) is 13.5. The monoisotopic (exact) mass is 312 g/mol. The maximum Gasteiger partial charge on any atom is 0.229 e. The summed E-state index contributed by atoms with van der Waals surface area (Å²) >= 11 is 1.51. The predicted molar refractivity (Wildman–Crippen MR) is 89.9 cm³/mol. The Balaban J connectivity index is 1.45. The maximum atomic E-state index is 12.5. The molecule has 2 aliphatic carbocycles. The number of benzene rings is 1. The molecule has 0 unspecified atom stereocenters. The molecule has 1 amide bonds. The molecule has 3 nitrogen and oxygen atoms in total. The Morgan fingerprint density at radius 2 is 2.05 bits per heavy atom. The summed E-state index contributed by atoms with van der Waals surface area (Å²) in [6.45, 7) is 2.08. The van der Waals surface area contributed by atoms with Crippen molar-refractivity contribution in [2.75, 3.05) is 5.32 Å². The molecule has 0 aliphatic heterocycles. The van der Waals surface area contributed by atoms with Crippen LogP contribution in [0.15, 0.2) is 29.6 Å². The minimum atomic E-state index is 0.178. The van der Waals surface area contributed by atoms with Crippen molar-refractivity contribution in [1.29, 1.82) is 0 Å². The number of hydrogen-bond acceptors (Lipinski definition) is 3.